The van der Waals surface area contributed by atoms with E-state index in [-0.39, 0.29) is 24.0 Å². The molecule has 1 heterocycles. The minimum atomic E-state index is 0. The third-order valence-corrected chi connectivity index (χ3v) is 1.51. The summed E-state index contributed by atoms with van der Waals surface area (Å²) in [6, 6.07) is 3.80. The second-order valence-electron chi connectivity index (χ2n) is 2.44. The summed E-state index contributed by atoms with van der Waals surface area (Å²) >= 11 is 0. The lowest BCUT2D eigenvalue weighted by molar-refractivity contribution is -0.671. The first kappa shape index (κ1) is 11.4. The molecule has 12 heavy (non-hydrogen) atoms. The zero-order chi connectivity index (χ0) is 8.27. The Morgan fingerprint density at radius 1 is 1.58 bits per heavy atom. The van der Waals surface area contributed by atoms with Gasteiger partial charge in [0.1, 0.15) is 7.05 Å². The van der Waals surface area contributed by atoms with Gasteiger partial charge in [-0.1, -0.05) is 5.16 Å². The average Bonchev–Trinajstić information content (AvgIpc) is 2.03. The summed E-state index contributed by atoms with van der Waals surface area (Å²) in [5.74, 6) is 0. The lowest BCUT2D eigenvalue weighted by Gasteiger charge is -1.93. The van der Waals surface area contributed by atoms with Crippen LogP contribution >= 0.6 is 0 Å². The maximum Gasteiger partial charge on any atom is 0.177 e. The molecule has 0 saturated heterocycles. The van der Waals surface area contributed by atoms with Crippen molar-refractivity contribution in [3.8, 4) is 0 Å². The quantitative estimate of drug-likeness (QED) is 0.203. The minimum Gasteiger partial charge on any atom is -1.00 e. The van der Waals surface area contributed by atoms with E-state index in [0.717, 1.165) is 5.56 Å². The van der Waals surface area contributed by atoms with Crippen molar-refractivity contribution >= 4 is 5.71 Å². The van der Waals surface area contributed by atoms with Crippen LogP contribution in [-0.2, 0) is 7.05 Å². The van der Waals surface area contributed by atoms with Gasteiger partial charge in [-0.2, -0.15) is 0 Å². The number of hydrogen-bond acceptors (Lipinski definition) is 2. The summed E-state index contributed by atoms with van der Waals surface area (Å²) in [6.45, 7) is 1.76. The smallest absolute Gasteiger partial charge is 0.177 e. The van der Waals surface area contributed by atoms with Crippen molar-refractivity contribution in [1.29, 1.82) is 0 Å². The van der Waals surface area contributed by atoms with Crippen molar-refractivity contribution in [3.05, 3.63) is 30.1 Å². The first-order valence-corrected chi connectivity index (χ1v) is 3.38. The molecule has 0 spiro atoms. The molecule has 4 heteroatoms. The highest BCUT2D eigenvalue weighted by molar-refractivity contribution is 5.97. The van der Waals surface area contributed by atoms with Crippen molar-refractivity contribution in [1.82, 2.24) is 0 Å². The molecule has 1 N–H and O–H groups in total. The number of aryl methyl sites for hydroxylation is 1. The van der Waals surface area contributed by atoms with E-state index >= 15 is 0 Å². The molecule has 1 rings (SSSR count). The van der Waals surface area contributed by atoms with Gasteiger partial charge >= 0.3 is 0 Å². The summed E-state index contributed by atoms with van der Waals surface area (Å²) in [5, 5.41) is 11.6. The van der Waals surface area contributed by atoms with Crippen LogP contribution in [0.1, 0.15) is 12.5 Å². The van der Waals surface area contributed by atoms with Gasteiger partial charge in [-0.3, -0.25) is 0 Å². The van der Waals surface area contributed by atoms with Crippen LogP contribution in [0.2, 0.25) is 0 Å². The molecule has 0 aliphatic rings. The molecule has 0 aliphatic carbocycles. The van der Waals surface area contributed by atoms with Gasteiger partial charge in [0.05, 0.1) is 11.3 Å². The van der Waals surface area contributed by atoms with E-state index < -0.39 is 0 Å². The Morgan fingerprint density at radius 3 is 2.75 bits per heavy atom. The number of aromatic nitrogens is 1. The fourth-order valence-electron chi connectivity index (χ4n) is 0.860. The number of pyridine rings is 1. The second-order valence-corrected chi connectivity index (χ2v) is 2.44. The number of halogens is 1. The summed E-state index contributed by atoms with van der Waals surface area (Å²) in [4.78, 5) is 0. The van der Waals surface area contributed by atoms with Gasteiger partial charge in [0.2, 0.25) is 0 Å². The van der Waals surface area contributed by atoms with E-state index in [1.165, 1.54) is 0 Å². The topological polar surface area (TPSA) is 36.5 Å². The number of oxime groups is 1. The van der Waals surface area contributed by atoms with Gasteiger partial charge in [0.15, 0.2) is 12.4 Å². The van der Waals surface area contributed by atoms with Crippen molar-refractivity contribution in [2.75, 3.05) is 0 Å². The maximum absolute atomic E-state index is 8.46. The zero-order valence-corrected chi connectivity index (χ0v) is 9.19. The van der Waals surface area contributed by atoms with Crippen LogP contribution < -0.4 is 28.5 Å². The summed E-state index contributed by atoms with van der Waals surface area (Å²) in [6.07, 6.45) is 3.82. The highest BCUT2D eigenvalue weighted by Crippen LogP contribution is 1.95. The van der Waals surface area contributed by atoms with Crippen LogP contribution in [0.15, 0.2) is 29.7 Å². The molecule has 1 aromatic heterocycles. The van der Waals surface area contributed by atoms with Crippen molar-refractivity contribution in [2.24, 2.45) is 12.2 Å². The molecule has 0 saturated carbocycles. The van der Waals surface area contributed by atoms with Gasteiger partial charge in [0.25, 0.3) is 0 Å². The van der Waals surface area contributed by atoms with E-state index in [2.05, 4.69) is 5.16 Å². The third-order valence-electron chi connectivity index (χ3n) is 1.51. The predicted molar refractivity (Wildman–Crippen MR) is 41.6 cm³/mol. The summed E-state index contributed by atoms with van der Waals surface area (Å²) in [7, 11) is 1.92. The lowest BCUT2D eigenvalue weighted by Crippen LogP contribution is -3.00. The number of rotatable bonds is 1. The van der Waals surface area contributed by atoms with Gasteiger partial charge in [-0.25, -0.2) is 4.57 Å². The van der Waals surface area contributed by atoms with E-state index in [4.69, 9.17) is 5.21 Å². The van der Waals surface area contributed by atoms with Crippen LogP contribution in [0.4, 0.5) is 0 Å². The van der Waals surface area contributed by atoms with Crippen molar-refractivity contribution in [3.63, 3.8) is 0 Å². The molecule has 0 aliphatic heterocycles. The highest BCUT2D eigenvalue weighted by atomic mass is 127. The largest absolute Gasteiger partial charge is 1.00 e. The number of nitrogens with zero attached hydrogens (tertiary/aromatic N) is 2. The van der Waals surface area contributed by atoms with Crippen LogP contribution in [-0.4, -0.2) is 10.9 Å². The highest BCUT2D eigenvalue weighted by Gasteiger charge is 2.00. The molecular weight excluding hydrogens is 267 g/mol. The first-order valence-electron chi connectivity index (χ1n) is 3.38. The fourth-order valence-corrected chi connectivity index (χ4v) is 0.860. The Labute approximate surface area is 88.7 Å². The van der Waals surface area contributed by atoms with Crippen LogP contribution in [0.25, 0.3) is 0 Å². The molecule has 0 bridgehead atoms. The molecule has 0 fully saturated rings. The lowest BCUT2D eigenvalue weighted by atomic mass is 10.2. The molecule has 0 aromatic carbocycles. The fraction of sp³-hybridized carbons (Fsp3) is 0.250. The Hall–Kier alpha value is -0.650. The van der Waals surface area contributed by atoms with E-state index in [9.17, 15) is 0 Å². The molecule has 0 radical (unpaired) electrons. The maximum atomic E-state index is 8.46. The molecule has 66 valence electrons. The van der Waals surface area contributed by atoms with Gasteiger partial charge < -0.3 is 29.2 Å². The van der Waals surface area contributed by atoms with E-state index in [0.29, 0.717) is 5.71 Å². The van der Waals surface area contributed by atoms with Crippen LogP contribution in [0.3, 0.4) is 0 Å². The molecule has 0 atom stereocenters. The SMILES string of the molecule is C/C(=N/O)c1ccc[n+](C)c1.[I-]. The van der Waals surface area contributed by atoms with Crippen molar-refractivity contribution in [2.45, 2.75) is 6.92 Å². The Kier molecular flexibility index (Phi) is 4.80. The standard InChI is InChI=1S/C8H10N2O.HI/c1-7(9-11)8-4-3-5-10(2)6-8;/h3-6H,1-2H3;1H/b9-7-;. The monoisotopic (exact) mass is 278 g/mol. The van der Waals surface area contributed by atoms with Gasteiger partial charge in [-0.05, 0) is 13.0 Å². The molecule has 1 aromatic rings. The Bertz CT molecular complexity index is 286. The molecule has 0 amide bonds. The van der Waals surface area contributed by atoms with Crippen LogP contribution in [0.5, 0.6) is 0 Å². The van der Waals surface area contributed by atoms with Gasteiger partial charge in [0, 0.05) is 6.07 Å². The molecule has 0 unspecified atom stereocenters. The second kappa shape index (κ2) is 5.08. The predicted octanol–water partition coefficient (Wildman–Crippen LogP) is -2.29. The summed E-state index contributed by atoms with van der Waals surface area (Å²) < 4.78 is 1.91. The first-order chi connectivity index (χ1) is 5.24. The Morgan fingerprint density at radius 2 is 2.25 bits per heavy atom. The Balaban J connectivity index is 0.00000121. The van der Waals surface area contributed by atoms with E-state index in [1.807, 2.05) is 36.1 Å². The normalized spacial score (nSPS) is 10.7. The van der Waals surface area contributed by atoms with Crippen LogP contribution in [0, 0.1) is 0 Å². The van der Waals surface area contributed by atoms with E-state index in [1.54, 1.807) is 6.92 Å². The average molecular weight is 278 g/mol. The summed E-state index contributed by atoms with van der Waals surface area (Å²) in [5.41, 5.74) is 1.55. The minimum absolute atomic E-state index is 0. The van der Waals surface area contributed by atoms with Gasteiger partial charge in [-0.15, -0.1) is 0 Å². The number of hydrogen-bond donors (Lipinski definition) is 1. The molecule has 3 nitrogen and oxygen atoms in total. The van der Waals surface area contributed by atoms with Crippen molar-refractivity contribution < 1.29 is 33.8 Å². The zero-order valence-electron chi connectivity index (χ0n) is 7.03. The third kappa shape index (κ3) is 2.77. The molecular formula is C8H11IN2O.